The number of amides is 1. The fraction of sp³-hybridized carbons (Fsp3) is 0.429. The van der Waals surface area contributed by atoms with E-state index in [2.05, 4.69) is 10.4 Å². The second kappa shape index (κ2) is 6.73. The zero-order chi connectivity index (χ0) is 17.3. The molecule has 0 spiro atoms. The number of nitrogens with one attached hydrogen (secondary N) is 1. The van der Waals surface area contributed by atoms with E-state index >= 15 is 0 Å². The number of aromatic nitrogens is 2. The molecule has 0 saturated carbocycles. The Labute approximate surface area is 144 Å². The molecule has 0 saturated heterocycles. The molecule has 2 aromatic heterocycles. The first-order chi connectivity index (χ1) is 11.4. The lowest BCUT2D eigenvalue weighted by Gasteiger charge is -2.15. The van der Waals surface area contributed by atoms with Gasteiger partial charge in [0.2, 0.25) is 0 Å². The highest BCUT2D eigenvalue weighted by Gasteiger charge is 2.39. The van der Waals surface area contributed by atoms with Crippen molar-refractivity contribution in [3.63, 3.8) is 0 Å². The largest absolute Gasteiger partial charge is 0.435 e. The molecule has 1 amide bonds. The van der Waals surface area contributed by atoms with E-state index in [-0.39, 0.29) is 31.2 Å². The van der Waals surface area contributed by atoms with Gasteiger partial charge >= 0.3 is 6.18 Å². The quantitative estimate of drug-likeness (QED) is 0.888. The molecular formula is C14H13ClF3N3O2S. The standard InChI is InChI=1S/C14H13ClF3N3O2S/c15-11-2-1-10(24-11)13(22)19-4-5-21-9-3-6-23-7-8(9)12(20-21)14(16,17)18/h1-2H,3-7H2,(H,19,22). The smallest absolute Gasteiger partial charge is 0.376 e. The van der Waals surface area contributed by atoms with Crippen molar-refractivity contribution in [3.05, 3.63) is 38.3 Å². The van der Waals surface area contributed by atoms with Gasteiger partial charge in [-0.1, -0.05) is 11.6 Å². The summed E-state index contributed by atoms with van der Waals surface area (Å²) in [5.41, 5.74) is -0.305. The van der Waals surface area contributed by atoms with Crippen molar-refractivity contribution < 1.29 is 22.7 Å². The Morgan fingerprint density at radius 2 is 2.25 bits per heavy atom. The summed E-state index contributed by atoms with van der Waals surface area (Å²) in [5.74, 6) is -0.313. The molecule has 24 heavy (non-hydrogen) atoms. The minimum atomic E-state index is -4.52. The van der Waals surface area contributed by atoms with Gasteiger partial charge in [-0.05, 0) is 12.1 Å². The Morgan fingerprint density at radius 1 is 1.46 bits per heavy atom. The van der Waals surface area contributed by atoms with Gasteiger partial charge in [-0.2, -0.15) is 18.3 Å². The molecule has 1 N–H and O–H groups in total. The van der Waals surface area contributed by atoms with Crippen LogP contribution in [-0.4, -0.2) is 28.8 Å². The van der Waals surface area contributed by atoms with Crippen LogP contribution >= 0.6 is 22.9 Å². The van der Waals surface area contributed by atoms with Gasteiger partial charge in [-0.25, -0.2) is 0 Å². The summed E-state index contributed by atoms with van der Waals surface area (Å²) >= 11 is 6.90. The molecule has 130 valence electrons. The van der Waals surface area contributed by atoms with Crippen LogP contribution in [0.2, 0.25) is 4.34 Å². The number of hydrogen-bond donors (Lipinski definition) is 1. The Kier molecular flexibility index (Phi) is 4.84. The normalized spacial score (nSPS) is 14.5. The monoisotopic (exact) mass is 379 g/mol. The van der Waals surface area contributed by atoms with Crippen LogP contribution < -0.4 is 5.32 Å². The number of hydrogen-bond acceptors (Lipinski definition) is 4. The second-order valence-corrected chi connectivity index (χ2v) is 6.87. The Bertz CT molecular complexity index is 757. The van der Waals surface area contributed by atoms with Crippen LogP contribution in [-0.2, 0) is 30.5 Å². The van der Waals surface area contributed by atoms with Crippen molar-refractivity contribution in [1.29, 1.82) is 0 Å². The molecule has 0 fully saturated rings. The number of nitrogens with zero attached hydrogens (tertiary/aromatic N) is 2. The van der Waals surface area contributed by atoms with Gasteiger partial charge in [-0.3, -0.25) is 9.48 Å². The van der Waals surface area contributed by atoms with Gasteiger partial charge < -0.3 is 10.1 Å². The summed E-state index contributed by atoms with van der Waals surface area (Å²) < 4.78 is 46.1. The zero-order valence-corrected chi connectivity index (χ0v) is 13.9. The van der Waals surface area contributed by atoms with Gasteiger partial charge in [0.25, 0.3) is 5.91 Å². The molecular weight excluding hydrogens is 367 g/mol. The maximum absolute atomic E-state index is 13.1. The Hall–Kier alpha value is -1.58. The molecule has 3 heterocycles. The topological polar surface area (TPSA) is 56.2 Å². The van der Waals surface area contributed by atoms with E-state index in [4.69, 9.17) is 16.3 Å². The highest BCUT2D eigenvalue weighted by Crippen LogP contribution is 2.34. The summed E-state index contributed by atoms with van der Waals surface area (Å²) in [7, 11) is 0. The number of thiophene rings is 1. The molecule has 3 rings (SSSR count). The van der Waals surface area contributed by atoms with E-state index < -0.39 is 11.9 Å². The molecule has 0 aromatic carbocycles. The molecule has 0 atom stereocenters. The lowest BCUT2D eigenvalue weighted by Crippen LogP contribution is -2.27. The Morgan fingerprint density at radius 3 is 2.92 bits per heavy atom. The predicted octanol–water partition coefficient (Wildman–Crippen LogP) is 3.12. The van der Waals surface area contributed by atoms with Crippen molar-refractivity contribution in [3.8, 4) is 0 Å². The van der Waals surface area contributed by atoms with E-state index in [0.717, 1.165) is 11.3 Å². The molecule has 1 aliphatic heterocycles. The predicted molar refractivity (Wildman–Crippen MR) is 82.3 cm³/mol. The SMILES string of the molecule is O=C(NCCn1nc(C(F)(F)F)c2c1CCOC2)c1ccc(Cl)s1. The zero-order valence-electron chi connectivity index (χ0n) is 12.3. The van der Waals surface area contributed by atoms with Gasteiger partial charge in [0.1, 0.15) is 0 Å². The fourth-order valence-electron chi connectivity index (χ4n) is 2.52. The van der Waals surface area contributed by atoms with Crippen molar-refractivity contribution in [2.75, 3.05) is 13.2 Å². The number of carbonyl (C=O) groups excluding carboxylic acids is 1. The molecule has 0 bridgehead atoms. The third-order valence-electron chi connectivity index (χ3n) is 3.57. The maximum atomic E-state index is 13.1. The van der Waals surface area contributed by atoms with Crippen LogP contribution in [0.3, 0.4) is 0 Å². The summed E-state index contributed by atoms with van der Waals surface area (Å²) in [6.07, 6.45) is -4.15. The van der Waals surface area contributed by atoms with Crippen LogP contribution in [0.1, 0.15) is 26.6 Å². The average Bonchev–Trinajstić information content (AvgIpc) is 3.11. The summed E-state index contributed by atoms with van der Waals surface area (Å²) in [6.45, 7) is 0.587. The highest BCUT2D eigenvalue weighted by atomic mass is 35.5. The first-order valence-corrected chi connectivity index (χ1v) is 8.32. The van der Waals surface area contributed by atoms with Gasteiger partial charge in [0.15, 0.2) is 5.69 Å². The van der Waals surface area contributed by atoms with Crippen molar-refractivity contribution >= 4 is 28.8 Å². The molecule has 1 aliphatic rings. The number of alkyl halides is 3. The number of carbonyl (C=O) groups is 1. The minimum absolute atomic E-state index is 0.0881. The van der Waals surface area contributed by atoms with E-state index in [1.165, 1.54) is 4.68 Å². The molecule has 10 heteroatoms. The van der Waals surface area contributed by atoms with E-state index in [0.29, 0.717) is 27.9 Å². The minimum Gasteiger partial charge on any atom is -0.376 e. The summed E-state index contributed by atoms with van der Waals surface area (Å²) in [6, 6.07) is 3.21. The van der Waals surface area contributed by atoms with E-state index in [1.54, 1.807) is 12.1 Å². The molecule has 0 unspecified atom stereocenters. The molecule has 2 aromatic rings. The fourth-order valence-corrected chi connectivity index (χ4v) is 3.48. The number of fused-ring (bicyclic) bond motifs is 1. The van der Waals surface area contributed by atoms with Crippen molar-refractivity contribution in [1.82, 2.24) is 15.1 Å². The van der Waals surface area contributed by atoms with Gasteiger partial charge in [0, 0.05) is 24.2 Å². The number of rotatable bonds is 4. The molecule has 0 radical (unpaired) electrons. The number of ether oxygens (including phenoxy) is 1. The lowest BCUT2D eigenvalue weighted by atomic mass is 10.1. The van der Waals surface area contributed by atoms with Crippen LogP contribution in [0, 0.1) is 0 Å². The second-order valence-electron chi connectivity index (χ2n) is 5.16. The number of halogens is 4. The molecule has 0 aliphatic carbocycles. The first kappa shape index (κ1) is 17.2. The summed E-state index contributed by atoms with van der Waals surface area (Å²) in [4.78, 5) is 12.4. The highest BCUT2D eigenvalue weighted by molar-refractivity contribution is 7.17. The van der Waals surface area contributed by atoms with Crippen LogP contribution in [0.15, 0.2) is 12.1 Å². The van der Waals surface area contributed by atoms with Crippen LogP contribution in [0.4, 0.5) is 13.2 Å². The van der Waals surface area contributed by atoms with Crippen LogP contribution in [0.5, 0.6) is 0 Å². The third-order valence-corrected chi connectivity index (χ3v) is 4.80. The Balaban J connectivity index is 1.69. The first-order valence-electron chi connectivity index (χ1n) is 7.13. The van der Waals surface area contributed by atoms with Gasteiger partial charge in [0.05, 0.1) is 29.0 Å². The van der Waals surface area contributed by atoms with Gasteiger partial charge in [-0.15, -0.1) is 11.3 Å². The van der Waals surface area contributed by atoms with Crippen LogP contribution in [0.25, 0.3) is 0 Å². The third kappa shape index (κ3) is 3.57. The summed E-state index contributed by atoms with van der Waals surface area (Å²) in [5, 5.41) is 6.33. The van der Waals surface area contributed by atoms with E-state index in [1.807, 2.05) is 0 Å². The lowest BCUT2D eigenvalue weighted by molar-refractivity contribution is -0.142. The van der Waals surface area contributed by atoms with E-state index in [9.17, 15) is 18.0 Å². The van der Waals surface area contributed by atoms with Crippen molar-refractivity contribution in [2.24, 2.45) is 0 Å². The average molecular weight is 380 g/mol. The van der Waals surface area contributed by atoms with Crippen molar-refractivity contribution in [2.45, 2.75) is 25.7 Å². The maximum Gasteiger partial charge on any atom is 0.435 e. The molecule has 5 nitrogen and oxygen atoms in total.